The molecule has 33 heavy (non-hydrogen) atoms. The second kappa shape index (κ2) is 9.74. The lowest BCUT2D eigenvalue weighted by molar-refractivity contribution is 0.0969. The number of aromatic hydroxyl groups is 1. The molecule has 3 aromatic rings. The standard InChI is InChI=1S/C25H24O7S/c1-17-7-10-20(11-8-17)33(28,29)31-16-25-24(32-25)14-23(27)21-13-19(9-12-22(21)26)30-15-18-5-3-2-4-6-18/h2-13,24-26H,14-16H2,1H3/t24?,25-/m1/s1. The van der Waals surface area contributed by atoms with Gasteiger partial charge in [0.2, 0.25) is 0 Å². The number of Topliss-reactive ketones (excluding diaryl/α,β-unsaturated/α-hetero) is 1. The lowest BCUT2D eigenvalue weighted by atomic mass is 10.0. The second-order valence-electron chi connectivity index (χ2n) is 7.85. The number of phenols is 1. The summed E-state index contributed by atoms with van der Waals surface area (Å²) in [5, 5.41) is 10.1. The molecule has 7 nitrogen and oxygen atoms in total. The number of hydrogen-bond acceptors (Lipinski definition) is 7. The molecule has 0 aromatic heterocycles. The highest BCUT2D eigenvalue weighted by Gasteiger charge is 2.42. The Morgan fingerprint density at radius 3 is 2.45 bits per heavy atom. The number of ether oxygens (including phenoxy) is 2. The molecule has 1 aliphatic heterocycles. The van der Waals surface area contributed by atoms with Crippen LogP contribution in [0.3, 0.4) is 0 Å². The molecule has 0 amide bonds. The fourth-order valence-electron chi connectivity index (χ4n) is 3.30. The van der Waals surface area contributed by atoms with E-state index in [2.05, 4.69) is 0 Å². The second-order valence-corrected chi connectivity index (χ2v) is 9.46. The zero-order valence-electron chi connectivity index (χ0n) is 18.0. The first-order valence-electron chi connectivity index (χ1n) is 10.5. The number of rotatable bonds is 10. The predicted octanol–water partition coefficient (Wildman–Crippen LogP) is 4.03. The van der Waals surface area contributed by atoms with Gasteiger partial charge in [0.15, 0.2) is 5.78 Å². The van der Waals surface area contributed by atoms with E-state index in [0.717, 1.165) is 11.1 Å². The highest BCUT2D eigenvalue weighted by Crippen LogP contribution is 2.31. The predicted molar refractivity (Wildman–Crippen MR) is 121 cm³/mol. The zero-order chi connectivity index (χ0) is 23.4. The summed E-state index contributed by atoms with van der Waals surface area (Å²) in [4.78, 5) is 12.8. The summed E-state index contributed by atoms with van der Waals surface area (Å²) in [6.45, 7) is 2.01. The van der Waals surface area contributed by atoms with Crippen LogP contribution in [0.2, 0.25) is 0 Å². The van der Waals surface area contributed by atoms with Gasteiger partial charge < -0.3 is 14.6 Å². The summed E-state index contributed by atoms with van der Waals surface area (Å²) in [6, 6.07) is 20.4. The van der Waals surface area contributed by atoms with Crippen LogP contribution in [0.4, 0.5) is 0 Å². The van der Waals surface area contributed by atoms with E-state index >= 15 is 0 Å². The van der Waals surface area contributed by atoms with E-state index in [4.69, 9.17) is 13.7 Å². The molecule has 172 valence electrons. The highest BCUT2D eigenvalue weighted by molar-refractivity contribution is 7.86. The van der Waals surface area contributed by atoms with Gasteiger partial charge >= 0.3 is 0 Å². The van der Waals surface area contributed by atoms with Crippen LogP contribution in [0.1, 0.15) is 27.9 Å². The van der Waals surface area contributed by atoms with Crippen molar-refractivity contribution in [2.75, 3.05) is 6.61 Å². The Labute approximate surface area is 192 Å². The maximum Gasteiger partial charge on any atom is 0.297 e. The first-order valence-corrected chi connectivity index (χ1v) is 11.9. The van der Waals surface area contributed by atoms with E-state index in [1.807, 2.05) is 37.3 Å². The van der Waals surface area contributed by atoms with Crippen molar-refractivity contribution in [2.45, 2.75) is 37.1 Å². The van der Waals surface area contributed by atoms with E-state index < -0.39 is 22.3 Å². The number of benzene rings is 3. The van der Waals surface area contributed by atoms with Gasteiger partial charge in [0.1, 0.15) is 24.2 Å². The third-order valence-corrected chi connectivity index (χ3v) is 6.58. The molecule has 8 heteroatoms. The molecule has 1 fully saturated rings. The maximum atomic E-state index is 12.7. The van der Waals surface area contributed by atoms with E-state index in [0.29, 0.717) is 12.4 Å². The van der Waals surface area contributed by atoms with E-state index in [9.17, 15) is 18.3 Å². The molecule has 1 unspecified atom stereocenters. The Morgan fingerprint density at radius 1 is 1.00 bits per heavy atom. The van der Waals surface area contributed by atoms with Crippen LogP contribution < -0.4 is 4.74 Å². The van der Waals surface area contributed by atoms with Gasteiger partial charge in [-0.2, -0.15) is 8.42 Å². The first kappa shape index (κ1) is 23.0. The first-order chi connectivity index (χ1) is 15.8. The number of ketones is 1. The molecule has 0 radical (unpaired) electrons. The molecule has 0 bridgehead atoms. The van der Waals surface area contributed by atoms with Crippen molar-refractivity contribution < 1.29 is 32.0 Å². The lowest BCUT2D eigenvalue weighted by Gasteiger charge is -2.09. The van der Waals surface area contributed by atoms with E-state index in [1.165, 1.54) is 24.3 Å². The monoisotopic (exact) mass is 468 g/mol. The average molecular weight is 469 g/mol. The van der Waals surface area contributed by atoms with Crippen LogP contribution >= 0.6 is 0 Å². The topological polar surface area (TPSA) is 102 Å². The number of carbonyl (C=O) groups is 1. The largest absolute Gasteiger partial charge is 0.507 e. The van der Waals surface area contributed by atoms with Crippen molar-refractivity contribution in [3.63, 3.8) is 0 Å². The van der Waals surface area contributed by atoms with Crippen LogP contribution in [-0.2, 0) is 25.6 Å². The fourth-order valence-corrected chi connectivity index (χ4v) is 4.22. The number of phenolic OH excluding ortho intramolecular Hbond substituents is 1. The molecule has 4 rings (SSSR count). The Kier molecular flexibility index (Phi) is 6.78. The number of aryl methyl sites for hydroxylation is 1. The highest BCUT2D eigenvalue weighted by atomic mass is 32.2. The SMILES string of the molecule is Cc1ccc(S(=O)(=O)OC[C@H]2OC2CC(=O)c2cc(OCc3ccccc3)ccc2O)cc1. The van der Waals surface area contributed by atoms with Crippen molar-refractivity contribution >= 4 is 15.9 Å². The van der Waals surface area contributed by atoms with Gasteiger partial charge in [0.25, 0.3) is 10.1 Å². The van der Waals surface area contributed by atoms with Gasteiger partial charge in [0, 0.05) is 6.42 Å². The van der Waals surface area contributed by atoms with Crippen LogP contribution in [0.15, 0.2) is 77.7 Å². The van der Waals surface area contributed by atoms with Crippen LogP contribution in [0.5, 0.6) is 11.5 Å². The third kappa shape index (κ3) is 5.98. The van der Waals surface area contributed by atoms with E-state index in [1.54, 1.807) is 18.2 Å². The summed E-state index contributed by atoms with van der Waals surface area (Å²) in [5.41, 5.74) is 2.05. The molecule has 1 heterocycles. The molecule has 1 saturated heterocycles. The molecule has 1 N–H and O–H groups in total. The van der Waals surface area contributed by atoms with Crippen molar-refractivity contribution in [3.05, 3.63) is 89.5 Å². The summed E-state index contributed by atoms with van der Waals surface area (Å²) in [6.07, 6.45) is -0.985. The molecule has 0 spiro atoms. The minimum Gasteiger partial charge on any atom is -0.507 e. The fraction of sp³-hybridized carbons (Fsp3) is 0.240. The van der Waals surface area contributed by atoms with Gasteiger partial charge in [-0.3, -0.25) is 8.98 Å². The normalized spacial score (nSPS) is 17.5. The van der Waals surface area contributed by atoms with Gasteiger partial charge in [-0.15, -0.1) is 0 Å². The molecule has 0 saturated carbocycles. The van der Waals surface area contributed by atoms with Crippen LogP contribution in [-0.4, -0.2) is 38.1 Å². The summed E-state index contributed by atoms with van der Waals surface area (Å²) in [5.74, 6) is -0.0187. The van der Waals surface area contributed by atoms with Crippen molar-refractivity contribution in [2.24, 2.45) is 0 Å². The van der Waals surface area contributed by atoms with Crippen LogP contribution in [0, 0.1) is 6.92 Å². The number of epoxide rings is 1. The molecular weight excluding hydrogens is 444 g/mol. The molecule has 3 aromatic carbocycles. The summed E-state index contributed by atoms with van der Waals surface area (Å²) >= 11 is 0. The molecule has 2 atom stereocenters. The number of carbonyl (C=O) groups excluding carboxylic acids is 1. The zero-order valence-corrected chi connectivity index (χ0v) is 18.8. The van der Waals surface area contributed by atoms with Gasteiger partial charge in [-0.25, -0.2) is 0 Å². The maximum absolute atomic E-state index is 12.7. The minimum absolute atomic E-state index is 0.00565. The van der Waals surface area contributed by atoms with E-state index in [-0.39, 0.29) is 35.0 Å². The van der Waals surface area contributed by atoms with Crippen molar-refractivity contribution in [3.8, 4) is 11.5 Å². The third-order valence-electron chi connectivity index (χ3n) is 5.29. The molecular formula is C25H24O7S. The van der Waals surface area contributed by atoms with Crippen molar-refractivity contribution in [1.82, 2.24) is 0 Å². The Balaban J connectivity index is 1.30. The van der Waals surface area contributed by atoms with Gasteiger partial charge in [0.05, 0.1) is 23.2 Å². The van der Waals surface area contributed by atoms with Gasteiger partial charge in [-0.05, 0) is 42.8 Å². The van der Waals surface area contributed by atoms with Crippen molar-refractivity contribution in [1.29, 1.82) is 0 Å². The lowest BCUT2D eigenvalue weighted by Crippen LogP contribution is -2.14. The smallest absolute Gasteiger partial charge is 0.297 e. The Morgan fingerprint density at radius 2 is 1.73 bits per heavy atom. The molecule has 0 aliphatic carbocycles. The average Bonchev–Trinajstić information content (AvgIpc) is 3.56. The molecule has 1 aliphatic rings. The van der Waals surface area contributed by atoms with Crippen LogP contribution in [0.25, 0.3) is 0 Å². The Hall–Kier alpha value is -3.20. The summed E-state index contributed by atoms with van der Waals surface area (Å²) < 4.78 is 40.8. The number of hydrogen-bond donors (Lipinski definition) is 1. The minimum atomic E-state index is -3.90. The quantitative estimate of drug-likeness (QED) is 0.272. The summed E-state index contributed by atoms with van der Waals surface area (Å²) in [7, 11) is -3.90. The van der Waals surface area contributed by atoms with Gasteiger partial charge in [-0.1, -0.05) is 48.0 Å². The Bertz CT molecular complexity index is 1220.